The Morgan fingerprint density at radius 2 is 2.12 bits per heavy atom. The highest BCUT2D eigenvalue weighted by Crippen LogP contribution is 2.24. The molecular formula is C12H8BrClO2. The van der Waals surface area contributed by atoms with Gasteiger partial charge in [-0.05, 0) is 46.6 Å². The molecule has 0 bridgehead atoms. The average molecular weight is 300 g/mol. The molecule has 0 spiro atoms. The lowest BCUT2D eigenvalue weighted by molar-refractivity contribution is 0.101. The summed E-state index contributed by atoms with van der Waals surface area (Å²) in [5, 5.41) is 0.539. The minimum atomic E-state index is -0.170. The predicted molar refractivity (Wildman–Crippen MR) is 66.0 cm³/mol. The average Bonchev–Trinajstić information content (AvgIpc) is 2.67. The van der Waals surface area contributed by atoms with E-state index in [-0.39, 0.29) is 5.78 Å². The molecule has 2 rings (SSSR count). The molecule has 2 nitrogen and oxygen atoms in total. The van der Waals surface area contributed by atoms with Gasteiger partial charge in [-0.1, -0.05) is 17.7 Å². The van der Waals surface area contributed by atoms with Crippen LogP contribution in [-0.2, 0) is 0 Å². The van der Waals surface area contributed by atoms with Crippen LogP contribution in [0, 0.1) is 6.92 Å². The number of halogens is 2. The Hall–Kier alpha value is -1.06. The smallest absolute Gasteiger partial charge is 0.229 e. The molecule has 0 aliphatic rings. The maximum absolute atomic E-state index is 12.1. The van der Waals surface area contributed by atoms with Crippen molar-refractivity contribution in [3.8, 4) is 0 Å². The van der Waals surface area contributed by atoms with E-state index in [4.69, 9.17) is 16.0 Å². The molecule has 16 heavy (non-hydrogen) atoms. The third kappa shape index (κ3) is 2.06. The first-order chi connectivity index (χ1) is 7.59. The van der Waals surface area contributed by atoms with Crippen LogP contribution in [0.25, 0.3) is 0 Å². The van der Waals surface area contributed by atoms with Gasteiger partial charge in [-0.2, -0.15) is 0 Å². The Balaban J connectivity index is 2.49. The SMILES string of the molecule is Cc1ccc(Cl)cc1C(=O)c1occc1Br. The van der Waals surface area contributed by atoms with E-state index in [9.17, 15) is 4.79 Å². The van der Waals surface area contributed by atoms with Gasteiger partial charge < -0.3 is 4.42 Å². The molecule has 0 N–H and O–H groups in total. The van der Waals surface area contributed by atoms with Gasteiger partial charge in [0.1, 0.15) is 0 Å². The van der Waals surface area contributed by atoms with Gasteiger partial charge in [-0.15, -0.1) is 0 Å². The molecule has 0 fully saturated rings. The molecule has 0 atom stereocenters. The first-order valence-corrected chi connectivity index (χ1v) is 5.80. The molecule has 2 aromatic rings. The second kappa shape index (κ2) is 4.44. The van der Waals surface area contributed by atoms with Crippen molar-refractivity contribution in [1.29, 1.82) is 0 Å². The summed E-state index contributed by atoms with van der Waals surface area (Å²) in [6, 6.07) is 6.90. The van der Waals surface area contributed by atoms with Crippen molar-refractivity contribution in [3.05, 3.63) is 56.9 Å². The summed E-state index contributed by atoms with van der Waals surface area (Å²) in [4.78, 5) is 12.1. The summed E-state index contributed by atoms with van der Waals surface area (Å²) >= 11 is 9.13. The molecule has 1 heterocycles. The third-order valence-electron chi connectivity index (χ3n) is 2.27. The van der Waals surface area contributed by atoms with Crippen LogP contribution in [0.3, 0.4) is 0 Å². The number of benzene rings is 1. The van der Waals surface area contributed by atoms with Crippen molar-refractivity contribution in [1.82, 2.24) is 0 Å². The maximum atomic E-state index is 12.1. The molecule has 0 saturated heterocycles. The van der Waals surface area contributed by atoms with Crippen LogP contribution in [0.15, 0.2) is 39.4 Å². The first kappa shape index (κ1) is 11.4. The third-order valence-corrected chi connectivity index (χ3v) is 3.13. The van der Waals surface area contributed by atoms with Gasteiger partial charge in [0.05, 0.1) is 10.7 Å². The topological polar surface area (TPSA) is 30.2 Å². The van der Waals surface area contributed by atoms with Crippen LogP contribution in [0.4, 0.5) is 0 Å². The Morgan fingerprint density at radius 3 is 2.75 bits per heavy atom. The predicted octanol–water partition coefficient (Wildman–Crippen LogP) is 4.23. The zero-order valence-electron chi connectivity index (χ0n) is 8.46. The maximum Gasteiger partial charge on any atom is 0.229 e. The van der Waals surface area contributed by atoms with E-state index in [0.29, 0.717) is 20.8 Å². The van der Waals surface area contributed by atoms with E-state index < -0.39 is 0 Å². The standard InChI is InChI=1S/C12H8BrClO2/c1-7-2-3-8(14)6-9(7)11(15)12-10(13)4-5-16-12/h2-6H,1H3. The number of hydrogen-bond acceptors (Lipinski definition) is 2. The fourth-order valence-electron chi connectivity index (χ4n) is 1.42. The highest BCUT2D eigenvalue weighted by molar-refractivity contribution is 9.10. The van der Waals surface area contributed by atoms with Gasteiger partial charge in [0.15, 0.2) is 5.76 Å². The highest BCUT2D eigenvalue weighted by atomic mass is 79.9. The van der Waals surface area contributed by atoms with Crippen LogP contribution in [0.2, 0.25) is 5.02 Å². The molecule has 1 aromatic heterocycles. The lowest BCUT2D eigenvalue weighted by atomic mass is 10.0. The molecule has 4 heteroatoms. The van der Waals surface area contributed by atoms with Crippen molar-refractivity contribution < 1.29 is 9.21 Å². The van der Waals surface area contributed by atoms with Gasteiger partial charge in [0.25, 0.3) is 0 Å². The summed E-state index contributed by atoms with van der Waals surface area (Å²) in [5.74, 6) is 0.127. The summed E-state index contributed by atoms with van der Waals surface area (Å²) in [6.07, 6.45) is 1.47. The summed E-state index contributed by atoms with van der Waals surface area (Å²) in [5.41, 5.74) is 1.43. The number of carbonyl (C=O) groups excluding carboxylic acids is 1. The fourth-order valence-corrected chi connectivity index (χ4v) is 1.97. The minimum absolute atomic E-state index is 0.170. The molecule has 0 saturated carbocycles. The van der Waals surface area contributed by atoms with Crippen LogP contribution < -0.4 is 0 Å². The first-order valence-electron chi connectivity index (χ1n) is 4.63. The van der Waals surface area contributed by atoms with E-state index in [0.717, 1.165) is 5.56 Å². The minimum Gasteiger partial charge on any atom is -0.460 e. The summed E-state index contributed by atoms with van der Waals surface area (Å²) in [7, 11) is 0. The lowest BCUT2D eigenvalue weighted by Gasteiger charge is -2.03. The molecular weight excluding hydrogens is 291 g/mol. The quantitative estimate of drug-likeness (QED) is 0.777. The van der Waals surface area contributed by atoms with Gasteiger partial charge in [-0.25, -0.2) is 0 Å². The van der Waals surface area contributed by atoms with Gasteiger partial charge in [-0.3, -0.25) is 4.79 Å². The molecule has 82 valence electrons. The van der Waals surface area contributed by atoms with E-state index in [1.165, 1.54) is 6.26 Å². The normalized spacial score (nSPS) is 10.4. The van der Waals surface area contributed by atoms with Crippen molar-refractivity contribution in [2.45, 2.75) is 6.92 Å². The number of rotatable bonds is 2. The summed E-state index contributed by atoms with van der Waals surface area (Å²) in [6.45, 7) is 1.86. The number of furan rings is 1. The highest BCUT2D eigenvalue weighted by Gasteiger charge is 2.18. The van der Waals surface area contributed by atoms with E-state index in [2.05, 4.69) is 15.9 Å². The van der Waals surface area contributed by atoms with Crippen molar-refractivity contribution in [2.24, 2.45) is 0 Å². The van der Waals surface area contributed by atoms with Gasteiger partial charge in [0.2, 0.25) is 5.78 Å². The molecule has 0 radical (unpaired) electrons. The van der Waals surface area contributed by atoms with E-state index in [1.807, 2.05) is 13.0 Å². The zero-order chi connectivity index (χ0) is 11.7. The Bertz CT molecular complexity index is 546. The summed E-state index contributed by atoms with van der Waals surface area (Å²) < 4.78 is 5.79. The molecule has 0 unspecified atom stereocenters. The number of carbonyl (C=O) groups is 1. The zero-order valence-corrected chi connectivity index (χ0v) is 10.8. The van der Waals surface area contributed by atoms with Crippen LogP contribution in [-0.4, -0.2) is 5.78 Å². The monoisotopic (exact) mass is 298 g/mol. The van der Waals surface area contributed by atoms with Gasteiger partial charge >= 0.3 is 0 Å². The Kier molecular flexibility index (Phi) is 3.17. The second-order valence-electron chi connectivity index (χ2n) is 3.39. The lowest BCUT2D eigenvalue weighted by Crippen LogP contribution is -2.03. The largest absolute Gasteiger partial charge is 0.460 e. The molecule has 0 aliphatic carbocycles. The number of ketones is 1. The van der Waals surface area contributed by atoms with Crippen LogP contribution >= 0.6 is 27.5 Å². The Morgan fingerprint density at radius 1 is 1.38 bits per heavy atom. The van der Waals surface area contributed by atoms with Crippen molar-refractivity contribution in [2.75, 3.05) is 0 Å². The molecule has 0 aliphatic heterocycles. The number of aryl methyl sites for hydroxylation is 1. The van der Waals surface area contributed by atoms with Crippen molar-refractivity contribution >= 4 is 33.3 Å². The number of hydrogen-bond donors (Lipinski definition) is 0. The van der Waals surface area contributed by atoms with Crippen molar-refractivity contribution in [3.63, 3.8) is 0 Å². The van der Waals surface area contributed by atoms with E-state index in [1.54, 1.807) is 18.2 Å². The second-order valence-corrected chi connectivity index (χ2v) is 4.68. The van der Waals surface area contributed by atoms with E-state index >= 15 is 0 Å². The van der Waals surface area contributed by atoms with Gasteiger partial charge in [0, 0.05) is 10.6 Å². The Labute approximate surface area is 106 Å². The fraction of sp³-hybridized carbons (Fsp3) is 0.0833. The molecule has 1 aromatic carbocycles. The van der Waals surface area contributed by atoms with Crippen LogP contribution in [0.5, 0.6) is 0 Å². The van der Waals surface area contributed by atoms with Crippen LogP contribution in [0.1, 0.15) is 21.7 Å². The molecule has 0 amide bonds.